The summed E-state index contributed by atoms with van der Waals surface area (Å²) in [4.78, 5) is 15.7. The van der Waals surface area contributed by atoms with Crippen molar-refractivity contribution in [2.24, 2.45) is 0 Å². The van der Waals surface area contributed by atoms with Crippen LogP contribution in [0.2, 0.25) is 0 Å². The van der Waals surface area contributed by atoms with Crippen molar-refractivity contribution in [2.75, 3.05) is 18.5 Å². The minimum Gasteiger partial charge on any atom is -0.394 e. The van der Waals surface area contributed by atoms with Gasteiger partial charge in [0.25, 0.3) is 0 Å². The third-order valence-corrected chi connectivity index (χ3v) is 3.92. The molecular formula is C15H24FN3O4. The number of hydrogen-bond donors (Lipinski definition) is 3. The van der Waals surface area contributed by atoms with Crippen LogP contribution in [-0.2, 0) is 4.74 Å². The summed E-state index contributed by atoms with van der Waals surface area (Å²) in [6, 6.07) is 0. The molecule has 3 N–H and O–H groups in total. The number of unbranched alkanes of at least 4 members (excludes halogenated alkanes) is 3. The Labute approximate surface area is 134 Å². The molecule has 2 heterocycles. The van der Waals surface area contributed by atoms with E-state index >= 15 is 0 Å². The van der Waals surface area contributed by atoms with Gasteiger partial charge in [0.2, 0.25) is 0 Å². The monoisotopic (exact) mass is 329 g/mol. The minimum absolute atomic E-state index is 0.0694. The molecule has 0 spiro atoms. The van der Waals surface area contributed by atoms with Gasteiger partial charge >= 0.3 is 5.69 Å². The summed E-state index contributed by atoms with van der Waals surface area (Å²) < 4.78 is 20.4. The molecule has 0 unspecified atom stereocenters. The summed E-state index contributed by atoms with van der Waals surface area (Å²) >= 11 is 0. The van der Waals surface area contributed by atoms with Crippen LogP contribution in [0.5, 0.6) is 0 Å². The van der Waals surface area contributed by atoms with E-state index in [1.807, 2.05) is 0 Å². The quantitative estimate of drug-likeness (QED) is 0.616. The van der Waals surface area contributed by atoms with Crippen molar-refractivity contribution in [1.29, 1.82) is 0 Å². The lowest BCUT2D eigenvalue weighted by Gasteiger charge is -2.15. The van der Waals surface area contributed by atoms with E-state index in [0.29, 0.717) is 6.54 Å². The fraction of sp³-hybridized carbons (Fsp3) is 0.733. The SMILES string of the molecule is CCCCCCNc1nc(=O)n([C@H]2C[C@H](O)[C@@H](CO)O2)cc1F. The Bertz CT molecular complexity index is 566. The highest BCUT2D eigenvalue weighted by atomic mass is 19.1. The maximum absolute atomic E-state index is 14.1. The molecule has 1 aliphatic rings. The number of halogens is 1. The number of ether oxygens (including phenoxy) is 1. The molecule has 8 heteroatoms. The van der Waals surface area contributed by atoms with Crippen LogP contribution in [0, 0.1) is 5.82 Å². The van der Waals surface area contributed by atoms with Crippen molar-refractivity contribution in [1.82, 2.24) is 9.55 Å². The smallest absolute Gasteiger partial charge is 0.351 e. The molecule has 1 aromatic rings. The van der Waals surface area contributed by atoms with Gasteiger partial charge in [0.05, 0.1) is 18.9 Å². The van der Waals surface area contributed by atoms with Crippen LogP contribution in [0.4, 0.5) is 10.2 Å². The molecule has 0 aromatic carbocycles. The van der Waals surface area contributed by atoms with Crippen LogP contribution < -0.4 is 11.0 Å². The second-order valence-corrected chi connectivity index (χ2v) is 5.73. The van der Waals surface area contributed by atoms with Crippen LogP contribution in [0.25, 0.3) is 0 Å². The normalized spacial score (nSPS) is 24.1. The number of anilines is 1. The Balaban J connectivity index is 2.01. The summed E-state index contributed by atoms with van der Waals surface area (Å²) in [6.45, 7) is 2.30. The largest absolute Gasteiger partial charge is 0.394 e. The van der Waals surface area contributed by atoms with Crippen molar-refractivity contribution in [2.45, 2.75) is 57.5 Å². The zero-order chi connectivity index (χ0) is 16.8. The van der Waals surface area contributed by atoms with Crippen molar-refractivity contribution in [3.05, 3.63) is 22.5 Å². The van der Waals surface area contributed by atoms with Gasteiger partial charge in [-0.2, -0.15) is 4.98 Å². The first kappa shape index (κ1) is 17.8. The van der Waals surface area contributed by atoms with E-state index in [-0.39, 0.29) is 18.8 Å². The maximum Gasteiger partial charge on any atom is 0.351 e. The van der Waals surface area contributed by atoms with Crippen LogP contribution >= 0.6 is 0 Å². The molecule has 0 amide bonds. The van der Waals surface area contributed by atoms with Crippen LogP contribution in [0.1, 0.15) is 45.3 Å². The first-order valence-electron chi connectivity index (χ1n) is 8.03. The lowest BCUT2D eigenvalue weighted by molar-refractivity contribution is -0.0461. The molecule has 1 aromatic heterocycles. The number of nitrogens with zero attached hydrogens (tertiary/aromatic N) is 2. The topological polar surface area (TPSA) is 96.6 Å². The van der Waals surface area contributed by atoms with Crippen molar-refractivity contribution in [3.63, 3.8) is 0 Å². The second-order valence-electron chi connectivity index (χ2n) is 5.73. The molecule has 0 aliphatic carbocycles. The molecule has 1 saturated heterocycles. The molecule has 3 atom stereocenters. The van der Waals surface area contributed by atoms with Crippen molar-refractivity contribution < 1.29 is 19.3 Å². The highest BCUT2D eigenvalue weighted by Crippen LogP contribution is 2.27. The van der Waals surface area contributed by atoms with E-state index in [1.54, 1.807) is 0 Å². The Kier molecular flexibility index (Phi) is 6.49. The molecule has 0 bridgehead atoms. The molecular weight excluding hydrogens is 305 g/mol. The van der Waals surface area contributed by atoms with Gasteiger partial charge in [-0.25, -0.2) is 9.18 Å². The fourth-order valence-electron chi connectivity index (χ4n) is 2.58. The Morgan fingerprint density at radius 2 is 2.26 bits per heavy atom. The predicted octanol–water partition coefficient (Wildman–Crippen LogP) is 1.02. The van der Waals surface area contributed by atoms with E-state index in [1.165, 1.54) is 0 Å². The van der Waals surface area contributed by atoms with Gasteiger partial charge in [-0.1, -0.05) is 26.2 Å². The van der Waals surface area contributed by atoms with Crippen LogP contribution in [-0.4, -0.2) is 45.1 Å². The molecule has 2 rings (SSSR count). The summed E-state index contributed by atoms with van der Waals surface area (Å²) in [5, 5.41) is 21.6. The Morgan fingerprint density at radius 1 is 1.48 bits per heavy atom. The van der Waals surface area contributed by atoms with Gasteiger partial charge in [0.1, 0.15) is 12.3 Å². The molecule has 0 radical (unpaired) electrons. The molecule has 0 saturated carbocycles. The number of rotatable bonds is 8. The summed E-state index contributed by atoms with van der Waals surface area (Å²) in [7, 11) is 0. The van der Waals surface area contributed by atoms with Crippen LogP contribution in [0.3, 0.4) is 0 Å². The first-order chi connectivity index (χ1) is 11.1. The van der Waals surface area contributed by atoms with E-state index in [2.05, 4.69) is 17.2 Å². The minimum atomic E-state index is -0.892. The lowest BCUT2D eigenvalue weighted by atomic mass is 10.2. The van der Waals surface area contributed by atoms with Crippen molar-refractivity contribution >= 4 is 5.82 Å². The van der Waals surface area contributed by atoms with Gasteiger partial charge in [-0.3, -0.25) is 4.57 Å². The van der Waals surface area contributed by atoms with Crippen molar-refractivity contribution in [3.8, 4) is 0 Å². The highest BCUT2D eigenvalue weighted by Gasteiger charge is 2.35. The molecule has 1 aliphatic heterocycles. The van der Waals surface area contributed by atoms with Gasteiger partial charge < -0.3 is 20.3 Å². The average molecular weight is 329 g/mol. The third kappa shape index (κ3) is 4.49. The van der Waals surface area contributed by atoms with E-state index in [4.69, 9.17) is 9.84 Å². The van der Waals surface area contributed by atoms with E-state index in [0.717, 1.165) is 36.4 Å². The third-order valence-electron chi connectivity index (χ3n) is 3.92. The van der Waals surface area contributed by atoms with E-state index in [9.17, 15) is 14.3 Å². The number of hydrogen-bond acceptors (Lipinski definition) is 6. The Morgan fingerprint density at radius 3 is 2.91 bits per heavy atom. The molecule has 23 heavy (non-hydrogen) atoms. The molecule has 1 fully saturated rings. The standard InChI is InChI=1S/C15H24FN3O4/c1-2-3-4-5-6-17-14-10(16)8-19(15(22)18-14)13-7-11(21)12(9-20)23-13/h8,11-13,20-21H,2-7,9H2,1H3,(H,17,18,22)/t11-,12+,13+/m0/s1. The number of aliphatic hydroxyl groups is 2. The first-order valence-corrected chi connectivity index (χ1v) is 8.03. The molecule has 7 nitrogen and oxygen atoms in total. The van der Waals surface area contributed by atoms with Gasteiger partial charge in [-0.15, -0.1) is 0 Å². The number of aromatic nitrogens is 2. The van der Waals surface area contributed by atoms with E-state index < -0.39 is 29.9 Å². The highest BCUT2D eigenvalue weighted by molar-refractivity contribution is 5.33. The zero-order valence-electron chi connectivity index (χ0n) is 13.2. The lowest BCUT2D eigenvalue weighted by Crippen LogP contribution is -2.29. The predicted molar refractivity (Wildman–Crippen MR) is 82.7 cm³/mol. The second kappa shape index (κ2) is 8.37. The van der Waals surface area contributed by atoms with Crippen LogP contribution in [0.15, 0.2) is 11.0 Å². The van der Waals surface area contributed by atoms with Gasteiger partial charge in [0.15, 0.2) is 11.6 Å². The Hall–Kier alpha value is -1.51. The zero-order valence-corrected chi connectivity index (χ0v) is 13.2. The number of aliphatic hydroxyl groups excluding tert-OH is 2. The maximum atomic E-state index is 14.1. The van der Waals surface area contributed by atoms with Gasteiger partial charge in [-0.05, 0) is 6.42 Å². The molecule has 130 valence electrons. The summed E-state index contributed by atoms with van der Waals surface area (Å²) in [5.41, 5.74) is -0.654. The summed E-state index contributed by atoms with van der Waals surface area (Å²) in [5.74, 6) is -0.717. The summed E-state index contributed by atoms with van der Waals surface area (Å²) in [6.07, 6.45) is 2.80. The average Bonchev–Trinajstić information content (AvgIpc) is 2.90. The number of nitrogens with one attached hydrogen (secondary N) is 1. The fourth-order valence-corrected chi connectivity index (χ4v) is 2.58. The van der Waals surface area contributed by atoms with Gasteiger partial charge in [0, 0.05) is 13.0 Å².